The predicted octanol–water partition coefficient (Wildman–Crippen LogP) is 2.40. The van der Waals surface area contributed by atoms with Gasteiger partial charge in [-0.1, -0.05) is 11.6 Å². The number of carbonyl (C=O) groups is 2. The second kappa shape index (κ2) is 7.01. The van der Waals surface area contributed by atoms with E-state index < -0.39 is 0 Å². The molecule has 2 rings (SSSR count). The average Bonchev–Trinajstić information content (AvgIpc) is 2.62. The molecule has 22 heavy (non-hydrogen) atoms. The standard InChI is InChI=1S/C16H20ClNO4/c1-18-7-6-10-8-13(17)14(21-2)9-12(10)11(16(18)20)4-5-15(19)22-3/h8-9,11H,4-7H2,1-3H3. The molecule has 1 heterocycles. The minimum atomic E-state index is -0.382. The first-order chi connectivity index (χ1) is 10.5. The number of likely N-dealkylation sites (N-methyl/N-ethyl adjacent to an activating group) is 1. The second-order valence-electron chi connectivity index (χ2n) is 5.36. The van der Waals surface area contributed by atoms with Crippen LogP contribution in [0.1, 0.15) is 29.9 Å². The lowest BCUT2D eigenvalue weighted by molar-refractivity contribution is -0.141. The molecular weight excluding hydrogens is 306 g/mol. The number of carbonyl (C=O) groups excluding carboxylic acids is 2. The van der Waals surface area contributed by atoms with E-state index in [2.05, 4.69) is 4.74 Å². The van der Waals surface area contributed by atoms with E-state index in [0.717, 1.165) is 17.5 Å². The number of halogens is 1. The molecule has 1 atom stereocenters. The molecule has 120 valence electrons. The lowest BCUT2D eigenvalue weighted by Gasteiger charge is -2.21. The molecule has 0 radical (unpaired) electrons. The van der Waals surface area contributed by atoms with Gasteiger partial charge in [0.2, 0.25) is 5.91 Å². The summed E-state index contributed by atoms with van der Waals surface area (Å²) in [6.07, 6.45) is 1.34. The summed E-state index contributed by atoms with van der Waals surface area (Å²) in [5, 5.41) is 0.532. The van der Waals surface area contributed by atoms with Crippen LogP contribution in [0.2, 0.25) is 5.02 Å². The van der Waals surface area contributed by atoms with Gasteiger partial charge < -0.3 is 14.4 Å². The van der Waals surface area contributed by atoms with Crippen LogP contribution in [0.5, 0.6) is 5.75 Å². The maximum Gasteiger partial charge on any atom is 0.305 e. The molecule has 1 aromatic carbocycles. The van der Waals surface area contributed by atoms with Gasteiger partial charge in [-0.05, 0) is 36.1 Å². The topological polar surface area (TPSA) is 55.8 Å². The van der Waals surface area contributed by atoms with Crippen LogP contribution in [0, 0.1) is 0 Å². The number of hydrogen-bond donors (Lipinski definition) is 0. The van der Waals surface area contributed by atoms with Gasteiger partial charge in [-0.25, -0.2) is 0 Å². The van der Waals surface area contributed by atoms with E-state index in [4.69, 9.17) is 16.3 Å². The Labute approximate surface area is 135 Å². The van der Waals surface area contributed by atoms with Gasteiger partial charge in [0, 0.05) is 20.0 Å². The smallest absolute Gasteiger partial charge is 0.305 e. The SMILES string of the molecule is COC(=O)CCC1C(=O)N(C)CCc2cc(Cl)c(OC)cc21. The summed E-state index contributed by atoms with van der Waals surface area (Å²) in [7, 11) is 4.67. The van der Waals surface area contributed by atoms with Crippen LogP contribution >= 0.6 is 11.6 Å². The van der Waals surface area contributed by atoms with Crippen molar-refractivity contribution in [2.45, 2.75) is 25.2 Å². The summed E-state index contributed by atoms with van der Waals surface area (Å²) in [6, 6.07) is 3.67. The number of amides is 1. The van der Waals surface area contributed by atoms with Gasteiger partial charge in [-0.15, -0.1) is 0 Å². The minimum absolute atomic E-state index is 0.00651. The molecule has 0 bridgehead atoms. The van der Waals surface area contributed by atoms with Crippen LogP contribution in [0.3, 0.4) is 0 Å². The van der Waals surface area contributed by atoms with E-state index in [9.17, 15) is 9.59 Å². The molecule has 1 unspecified atom stereocenters. The fourth-order valence-corrected chi connectivity index (χ4v) is 3.01. The molecule has 0 saturated carbocycles. The van der Waals surface area contributed by atoms with Gasteiger partial charge >= 0.3 is 5.97 Å². The Morgan fingerprint density at radius 2 is 2.14 bits per heavy atom. The number of rotatable bonds is 4. The molecule has 0 saturated heterocycles. The molecule has 0 aliphatic carbocycles. The summed E-state index contributed by atoms with van der Waals surface area (Å²) in [5.41, 5.74) is 1.91. The quantitative estimate of drug-likeness (QED) is 0.798. The van der Waals surface area contributed by atoms with Crippen molar-refractivity contribution in [1.82, 2.24) is 4.90 Å². The van der Waals surface area contributed by atoms with Crippen molar-refractivity contribution in [3.05, 3.63) is 28.3 Å². The van der Waals surface area contributed by atoms with Crippen LogP contribution in [0.15, 0.2) is 12.1 Å². The molecule has 0 aromatic heterocycles. The zero-order chi connectivity index (χ0) is 16.3. The average molecular weight is 326 g/mol. The van der Waals surface area contributed by atoms with Crippen LogP contribution in [-0.2, 0) is 20.7 Å². The van der Waals surface area contributed by atoms with Crippen LogP contribution in [0.25, 0.3) is 0 Å². The minimum Gasteiger partial charge on any atom is -0.495 e. The van der Waals surface area contributed by atoms with E-state index in [1.807, 2.05) is 12.1 Å². The molecule has 1 aliphatic rings. The van der Waals surface area contributed by atoms with Crippen molar-refractivity contribution in [1.29, 1.82) is 0 Å². The summed E-state index contributed by atoms with van der Waals surface area (Å²) >= 11 is 6.19. The third-order valence-electron chi connectivity index (χ3n) is 4.04. The number of benzene rings is 1. The van der Waals surface area contributed by atoms with Crippen molar-refractivity contribution in [2.75, 3.05) is 27.8 Å². The lowest BCUT2D eigenvalue weighted by Crippen LogP contribution is -2.31. The van der Waals surface area contributed by atoms with E-state index >= 15 is 0 Å². The van der Waals surface area contributed by atoms with Gasteiger partial charge in [-0.2, -0.15) is 0 Å². The third kappa shape index (κ3) is 3.35. The van der Waals surface area contributed by atoms with Gasteiger partial charge in [0.1, 0.15) is 5.75 Å². The van der Waals surface area contributed by atoms with Crippen molar-refractivity contribution in [2.24, 2.45) is 0 Å². The first-order valence-electron chi connectivity index (χ1n) is 7.16. The normalized spacial score (nSPS) is 17.7. The fraction of sp³-hybridized carbons (Fsp3) is 0.500. The summed E-state index contributed by atoms with van der Waals surface area (Å²) < 4.78 is 9.94. The molecule has 5 nitrogen and oxygen atoms in total. The third-order valence-corrected chi connectivity index (χ3v) is 4.34. The van der Waals surface area contributed by atoms with Crippen molar-refractivity contribution in [3.8, 4) is 5.75 Å². The molecule has 1 aromatic rings. The Balaban J connectivity index is 2.40. The predicted molar refractivity (Wildman–Crippen MR) is 83.3 cm³/mol. The molecule has 6 heteroatoms. The second-order valence-corrected chi connectivity index (χ2v) is 5.77. The number of methoxy groups -OCH3 is 2. The highest BCUT2D eigenvalue weighted by Crippen LogP contribution is 2.36. The maximum absolute atomic E-state index is 12.6. The first-order valence-corrected chi connectivity index (χ1v) is 7.53. The fourth-order valence-electron chi connectivity index (χ4n) is 2.75. The summed E-state index contributed by atoms with van der Waals surface area (Å²) in [5.74, 6) is -0.150. The Morgan fingerprint density at radius 1 is 1.41 bits per heavy atom. The number of fused-ring (bicyclic) bond motifs is 1. The van der Waals surface area contributed by atoms with Crippen LogP contribution in [-0.4, -0.2) is 44.6 Å². The highest BCUT2D eigenvalue weighted by atomic mass is 35.5. The maximum atomic E-state index is 12.6. The van der Waals surface area contributed by atoms with E-state index in [1.165, 1.54) is 7.11 Å². The number of hydrogen-bond acceptors (Lipinski definition) is 4. The highest BCUT2D eigenvalue weighted by molar-refractivity contribution is 6.32. The molecule has 1 amide bonds. The Kier molecular flexibility index (Phi) is 5.29. The van der Waals surface area contributed by atoms with Gasteiger partial charge in [0.15, 0.2) is 0 Å². The molecule has 0 spiro atoms. The van der Waals surface area contributed by atoms with Gasteiger partial charge in [-0.3, -0.25) is 9.59 Å². The largest absolute Gasteiger partial charge is 0.495 e. The van der Waals surface area contributed by atoms with E-state index in [0.29, 0.717) is 23.7 Å². The van der Waals surface area contributed by atoms with Crippen LogP contribution < -0.4 is 4.74 Å². The van der Waals surface area contributed by atoms with Gasteiger partial charge in [0.25, 0.3) is 0 Å². The number of nitrogens with zero attached hydrogens (tertiary/aromatic N) is 1. The molecule has 0 fully saturated rings. The van der Waals surface area contributed by atoms with Crippen LogP contribution in [0.4, 0.5) is 0 Å². The van der Waals surface area contributed by atoms with Crippen molar-refractivity contribution in [3.63, 3.8) is 0 Å². The van der Waals surface area contributed by atoms with Crippen molar-refractivity contribution >= 4 is 23.5 Å². The number of esters is 1. The van der Waals surface area contributed by atoms with Gasteiger partial charge in [0.05, 0.1) is 25.2 Å². The Bertz CT molecular complexity index is 588. The Hall–Kier alpha value is -1.75. The zero-order valence-corrected chi connectivity index (χ0v) is 13.8. The van der Waals surface area contributed by atoms with E-state index in [-0.39, 0.29) is 24.2 Å². The highest BCUT2D eigenvalue weighted by Gasteiger charge is 2.30. The first kappa shape index (κ1) is 16.6. The molecular formula is C16H20ClNO4. The summed E-state index contributed by atoms with van der Waals surface area (Å²) in [4.78, 5) is 25.7. The van der Waals surface area contributed by atoms with Crippen molar-refractivity contribution < 1.29 is 19.1 Å². The lowest BCUT2D eigenvalue weighted by atomic mass is 9.89. The van der Waals surface area contributed by atoms with E-state index in [1.54, 1.807) is 19.1 Å². The molecule has 1 aliphatic heterocycles. The zero-order valence-electron chi connectivity index (χ0n) is 13.0. The summed E-state index contributed by atoms with van der Waals surface area (Å²) in [6.45, 7) is 0.628. The Morgan fingerprint density at radius 3 is 2.77 bits per heavy atom. The number of ether oxygens (including phenoxy) is 2. The monoisotopic (exact) mass is 325 g/mol. The molecule has 0 N–H and O–H groups in total.